The van der Waals surface area contributed by atoms with Crippen molar-refractivity contribution in [3.8, 4) is 0 Å². The zero-order valence-corrected chi connectivity index (χ0v) is 13.2. The van der Waals surface area contributed by atoms with Gasteiger partial charge in [0.1, 0.15) is 0 Å². The average Bonchev–Trinajstić information content (AvgIpc) is 2.75. The summed E-state index contributed by atoms with van der Waals surface area (Å²) in [4.78, 5) is 22.9. The molecule has 2 N–H and O–H groups in total. The maximum atomic E-state index is 12.8. The van der Waals surface area contributed by atoms with Gasteiger partial charge in [-0.15, -0.1) is 0 Å². The highest BCUT2D eigenvalue weighted by atomic mass is 19.3. The van der Waals surface area contributed by atoms with Crippen LogP contribution < -0.4 is 5.32 Å². The van der Waals surface area contributed by atoms with Crippen molar-refractivity contribution < 1.29 is 23.5 Å². The largest absolute Gasteiger partial charge is 0.481 e. The number of aromatic nitrogens is 2. The standard InChI is InChI=1S/C16H17F2N3O3/c1-9-13(10(2)21(20-9)16(17)18)8-14(22)19-12-5-3-4-11(6-12)7-15(23)24/h3-6,16H,7-8H2,1-2H3,(H,19,22)(H,23,24). The Bertz CT molecular complexity index is 772. The van der Waals surface area contributed by atoms with Crippen molar-refractivity contribution in [2.75, 3.05) is 5.32 Å². The van der Waals surface area contributed by atoms with Gasteiger partial charge in [-0.05, 0) is 31.5 Å². The van der Waals surface area contributed by atoms with E-state index < -0.39 is 12.5 Å². The molecule has 0 radical (unpaired) electrons. The van der Waals surface area contributed by atoms with E-state index in [1.54, 1.807) is 31.2 Å². The van der Waals surface area contributed by atoms with Crippen LogP contribution in [0.1, 0.15) is 29.1 Å². The number of nitrogens with one attached hydrogen (secondary N) is 1. The lowest BCUT2D eigenvalue weighted by Crippen LogP contribution is -2.15. The molecule has 2 rings (SSSR count). The monoisotopic (exact) mass is 337 g/mol. The molecule has 0 aliphatic carbocycles. The van der Waals surface area contributed by atoms with Gasteiger partial charge in [0.15, 0.2) is 0 Å². The number of rotatable bonds is 6. The fraction of sp³-hybridized carbons (Fsp3) is 0.312. The molecule has 1 amide bonds. The van der Waals surface area contributed by atoms with E-state index in [9.17, 15) is 18.4 Å². The van der Waals surface area contributed by atoms with Crippen molar-refractivity contribution in [2.24, 2.45) is 0 Å². The van der Waals surface area contributed by atoms with Crippen LogP contribution in [0.2, 0.25) is 0 Å². The summed E-state index contributed by atoms with van der Waals surface area (Å²) < 4.78 is 26.2. The number of alkyl halides is 2. The number of amides is 1. The number of halogens is 2. The number of aliphatic carboxylic acids is 1. The van der Waals surface area contributed by atoms with Gasteiger partial charge in [0.25, 0.3) is 0 Å². The Morgan fingerprint density at radius 1 is 1.29 bits per heavy atom. The van der Waals surface area contributed by atoms with E-state index in [-0.39, 0.29) is 24.4 Å². The van der Waals surface area contributed by atoms with E-state index in [0.717, 1.165) is 0 Å². The number of carboxylic acids is 1. The smallest absolute Gasteiger partial charge is 0.333 e. The minimum atomic E-state index is -2.76. The lowest BCUT2D eigenvalue weighted by Gasteiger charge is -2.07. The second kappa shape index (κ2) is 7.20. The Labute approximate surface area is 137 Å². The summed E-state index contributed by atoms with van der Waals surface area (Å²) in [5, 5.41) is 15.2. The zero-order chi connectivity index (χ0) is 17.9. The molecule has 0 aliphatic rings. The molecule has 1 aromatic carbocycles. The van der Waals surface area contributed by atoms with Crippen molar-refractivity contribution in [3.05, 3.63) is 46.8 Å². The Kier molecular flexibility index (Phi) is 5.28. The third-order valence-corrected chi connectivity index (χ3v) is 3.56. The number of carbonyl (C=O) groups is 2. The van der Waals surface area contributed by atoms with Crippen LogP contribution in [0.25, 0.3) is 0 Å². The van der Waals surface area contributed by atoms with Gasteiger partial charge in [0.2, 0.25) is 5.91 Å². The highest BCUT2D eigenvalue weighted by Crippen LogP contribution is 2.20. The molecule has 1 heterocycles. The second-order valence-electron chi connectivity index (χ2n) is 5.37. The van der Waals surface area contributed by atoms with Gasteiger partial charge in [-0.25, -0.2) is 4.68 Å². The summed E-state index contributed by atoms with van der Waals surface area (Å²) in [6.45, 7) is 0.303. The number of hydrogen-bond acceptors (Lipinski definition) is 3. The van der Waals surface area contributed by atoms with Crippen molar-refractivity contribution in [1.29, 1.82) is 0 Å². The number of carboxylic acid groups (broad SMARTS) is 1. The van der Waals surface area contributed by atoms with Gasteiger partial charge in [0, 0.05) is 16.9 Å². The SMILES string of the molecule is Cc1nn(C(F)F)c(C)c1CC(=O)Nc1cccc(CC(=O)O)c1. The highest BCUT2D eigenvalue weighted by Gasteiger charge is 2.19. The third-order valence-electron chi connectivity index (χ3n) is 3.56. The molecule has 0 spiro atoms. The molecule has 24 heavy (non-hydrogen) atoms. The van der Waals surface area contributed by atoms with E-state index >= 15 is 0 Å². The molecule has 6 nitrogen and oxygen atoms in total. The Morgan fingerprint density at radius 2 is 2.00 bits per heavy atom. The van der Waals surface area contributed by atoms with Gasteiger partial charge >= 0.3 is 12.5 Å². The van der Waals surface area contributed by atoms with Crippen LogP contribution in [0.4, 0.5) is 14.5 Å². The van der Waals surface area contributed by atoms with E-state index in [0.29, 0.717) is 27.2 Å². The van der Waals surface area contributed by atoms with Gasteiger partial charge in [-0.2, -0.15) is 13.9 Å². The van der Waals surface area contributed by atoms with Crippen LogP contribution in [0.5, 0.6) is 0 Å². The summed E-state index contributed by atoms with van der Waals surface area (Å²) in [7, 11) is 0. The number of anilines is 1. The summed E-state index contributed by atoms with van der Waals surface area (Å²) in [5.41, 5.74) is 2.09. The molecule has 128 valence electrons. The Morgan fingerprint density at radius 3 is 2.58 bits per heavy atom. The van der Waals surface area contributed by atoms with Gasteiger partial charge in [0.05, 0.1) is 18.5 Å². The normalized spacial score (nSPS) is 10.9. The van der Waals surface area contributed by atoms with Crippen LogP contribution in [0.3, 0.4) is 0 Å². The number of aryl methyl sites for hydroxylation is 1. The molecule has 0 saturated carbocycles. The molecule has 2 aromatic rings. The molecule has 8 heteroatoms. The average molecular weight is 337 g/mol. The molecule has 0 fully saturated rings. The van der Waals surface area contributed by atoms with E-state index in [4.69, 9.17) is 5.11 Å². The predicted molar refractivity (Wildman–Crippen MR) is 83.1 cm³/mol. The van der Waals surface area contributed by atoms with Crippen molar-refractivity contribution in [2.45, 2.75) is 33.2 Å². The van der Waals surface area contributed by atoms with Crippen LogP contribution in [0, 0.1) is 13.8 Å². The lowest BCUT2D eigenvalue weighted by molar-refractivity contribution is -0.136. The maximum absolute atomic E-state index is 12.8. The number of nitrogens with zero attached hydrogens (tertiary/aromatic N) is 2. The molecular weight excluding hydrogens is 320 g/mol. The maximum Gasteiger partial charge on any atom is 0.333 e. The molecule has 0 unspecified atom stereocenters. The topological polar surface area (TPSA) is 84.2 Å². The molecule has 0 saturated heterocycles. The first kappa shape index (κ1) is 17.6. The zero-order valence-electron chi connectivity index (χ0n) is 13.2. The van der Waals surface area contributed by atoms with Crippen LogP contribution >= 0.6 is 0 Å². The molecule has 0 aliphatic heterocycles. The Balaban J connectivity index is 2.10. The molecule has 0 bridgehead atoms. The molecule has 0 atom stereocenters. The number of hydrogen-bond donors (Lipinski definition) is 2. The predicted octanol–water partition coefficient (Wildman–Crippen LogP) is 2.70. The summed E-state index contributed by atoms with van der Waals surface area (Å²) in [6, 6.07) is 6.48. The minimum Gasteiger partial charge on any atom is -0.481 e. The minimum absolute atomic E-state index is 0.0897. The van der Waals surface area contributed by atoms with E-state index in [1.807, 2.05) is 0 Å². The lowest BCUT2D eigenvalue weighted by atomic mass is 10.1. The van der Waals surface area contributed by atoms with E-state index in [1.165, 1.54) is 6.92 Å². The van der Waals surface area contributed by atoms with Crippen LogP contribution in [-0.4, -0.2) is 26.8 Å². The van der Waals surface area contributed by atoms with Crippen molar-refractivity contribution in [3.63, 3.8) is 0 Å². The summed E-state index contributed by atoms with van der Waals surface area (Å²) >= 11 is 0. The van der Waals surface area contributed by atoms with Crippen LogP contribution in [0.15, 0.2) is 24.3 Å². The second-order valence-corrected chi connectivity index (χ2v) is 5.37. The van der Waals surface area contributed by atoms with Crippen molar-refractivity contribution >= 4 is 17.6 Å². The molecular formula is C16H17F2N3O3. The number of benzene rings is 1. The van der Waals surface area contributed by atoms with E-state index in [2.05, 4.69) is 10.4 Å². The fourth-order valence-corrected chi connectivity index (χ4v) is 2.44. The first-order valence-electron chi connectivity index (χ1n) is 7.21. The number of carbonyl (C=O) groups excluding carboxylic acids is 1. The van der Waals surface area contributed by atoms with Gasteiger partial charge in [-0.1, -0.05) is 12.1 Å². The van der Waals surface area contributed by atoms with Crippen LogP contribution in [-0.2, 0) is 22.4 Å². The fourth-order valence-electron chi connectivity index (χ4n) is 2.44. The Hall–Kier alpha value is -2.77. The summed E-state index contributed by atoms with van der Waals surface area (Å²) in [6.07, 6.45) is -0.239. The van der Waals surface area contributed by atoms with Gasteiger partial charge in [-0.3, -0.25) is 9.59 Å². The first-order chi connectivity index (χ1) is 11.3. The molecule has 1 aromatic heterocycles. The van der Waals surface area contributed by atoms with Gasteiger partial charge < -0.3 is 10.4 Å². The quantitative estimate of drug-likeness (QED) is 0.849. The summed E-state index contributed by atoms with van der Waals surface area (Å²) in [5.74, 6) is -1.35. The third kappa shape index (κ3) is 4.15. The first-order valence-corrected chi connectivity index (χ1v) is 7.21. The highest BCUT2D eigenvalue weighted by molar-refractivity contribution is 5.92. The van der Waals surface area contributed by atoms with Crippen molar-refractivity contribution in [1.82, 2.24) is 9.78 Å².